The lowest BCUT2D eigenvalue weighted by molar-refractivity contribution is 0.0822. The maximum Gasteiger partial charge on any atom is 0.273 e. The van der Waals surface area contributed by atoms with Crippen LogP contribution in [0.5, 0.6) is 0 Å². The summed E-state index contributed by atoms with van der Waals surface area (Å²) in [7, 11) is 3.38. The van der Waals surface area contributed by atoms with Gasteiger partial charge in [0.1, 0.15) is 11.2 Å². The number of aryl methyl sites for hydroxylation is 1. The molecule has 2 rings (SSSR count). The van der Waals surface area contributed by atoms with Crippen molar-refractivity contribution in [3.05, 3.63) is 29.8 Å². The van der Waals surface area contributed by atoms with Crippen LogP contribution in [-0.4, -0.2) is 39.9 Å². The van der Waals surface area contributed by atoms with E-state index in [1.54, 1.807) is 26.5 Å². The molecule has 0 fully saturated rings. The fraction of sp³-hybridized carbons (Fsp3) is 0.273. The van der Waals surface area contributed by atoms with Crippen LogP contribution in [0.25, 0.3) is 11.0 Å². The van der Waals surface area contributed by atoms with Gasteiger partial charge in [0.25, 0.3) is 5.91 Å². The van der Waals surface area contributed by atoms with Crippen molar-refractivity contribution in [2.75, 3.05) is 14.1 Å². The second-order valence-electron chi connectivity index (χ2n) is 3.78. The zero-order valence-electron chi connectivity index (χ0n) is 9.43. The molecule has 0 unspecified atom stereocenters. The van der Waals surface area contributed by atoms with Crippen molar-refractivity contribution < 1.29 is 4.79 Å². The van der Waals surface area contributed by atoms with E-state index in [4.69, 9.17) is 0 Å². The molecule has 16 heavy (non-hydrogen) atoms. The van der Waals surface area contributed by atoms with E-state index >= 15 is 0 Å². The predicted molar refractivity (Wildman–Crippen MR) is 60.1 cm³/mol. The molecule has 0 spiro atoms. The van der Waals surface area contributed by atoms with Crippen LogP contribution in [0.4, 0.5) is 0 Å². The van der Waals surface area contributed by atoms with Crippen molar-refractivity contribution >= 4 is 16.9 Å². The van der Waals surface area contributed by atoms with Gasteiger partial charge in [-0.3, -0.25) is 14.8 Å². The Morgan fingerprint density at radius 1 is 1.25 bits per heavy atom. The first-order valence-corrected chi connectivity index (χ1v) is 4.88. The van der Waals surface area contributed by atoms with E-state index in [9.17, 15) is 4.79 Å². The van der Waals surface area contributed by atoms with Crippen LogP contribution in [0, 0.1) is 6.92 Å². The van der Waals surface area contributed by atoms with E-state index in [2.05, 4.69) is 15.0 Å². The van der Waals surface area contributed by atoms with Gasteiger partial charge >= 0.3 is 0 Å². The van der Waals surface area contributed by atoms with Gasteiger partial charge in [0, 0.05) is 20.3 Å². The van der Waals surface area contributed by atoms with Gasteiger partial charge in [-0.25, -0.2) is 4.98 Å². The molecule has 0 bridgehead atoms. The van der Waals surface area contributed by atoms with Crippen LogP contribution >= 0.6 is 0 Å². The topological polar surface area (TPSA) is 59.0 Å². The molecule has 2 heterocycles. The molecule has 0 atom stereocenters. The zero-order chi connectivity index (χ0) is 11.7. The molecule has 1 amide bonds. The van der Waals surface area contributed by atoms with Crippen molar-refractivity contribution in [2.45, 2.75) is 6.92 Å². The van der Waals surface area contributed by atoms with E-state index in [1.807, 2.05) is 6.92 Å². The fourth-order valence-electron chi connectivity index (χ4n) is 1.40. The molecule has 2 aromatic rings. The molecule has 82 valence electrons. The second kappa shape index (κ2) is 3.84. The third-order valence-corrected chi connectivity index (χ3v) is 2.26. The van der Waals surface area contributed by atoms with Crippen LogP contribution in [0.2, 0.25) is 0 Å². The van der Waals surface area contributed by atoms with Crippen molar-refractivity contribution in [3.8, 4) is 0 Å². The Morgan fingerprint density at radius 2 is 2.00 bits per heavy atom. The maximum absolute atomic E-state index is 11.7. The summed E-state index contributed by atoms with van der Waals surface area (Å²) in [4.78, 5) is 25.7. The number of hydrogen-bond donors (Lipinski definition) is 0. The summed E-state index contributed by atoms with van der Waals surface area (Å²) in [5.41, 5.74) is 2.70. The fourth-order valence-corrected chi connectivity index (χ4v) is 1.40. The molecular formula is C11H12N4O. The number of hydrogen-bond acceptors (Lipinski definition) is 4. The van der Waals surface area contributed by atoms with Gasteiger partial charge in [0.15, 0.2) is 0 Å². The smallest absolute Gasteiger partial charge is 0.273 e. The van der Waals surface area contributed by atoms with Gasteiger partial charge in [0.05, 0.1) is 17.9 Å². The summed E-state index contributed by atoms with van der Waals surface area (Å²) in [6, 6.07) is 0. The SMILES string of the molecule is Cc1cncc2ncc(C(=O)N(C)C)nc12. The number of carbonyl (C=O) groups excluding carboxylic acids is 1. The average molecular weight is 216 g/mol. The zero-order valence-corrected chi connectivity index (χ0v) is 9.43. The van der Waals surface area contributed by atoms with Crippen LogP contribution in [0.1, 0.15) is 16.1 Å². The molecule has 0 aliphatic rings. The van der Waals surface area contributed by atoms with E-state index < -0.39 is 0 Å². The first-order chi connectivity index (χ1) is 7.59. The van der Waals surface area contributed by atoms with Crippen LogP contribution in [0.15, 0.2) is 18.6 Å². The number of amides is 1. The van der Waals surface area contributed by atoms with Gasteiger partial charge in [-0.2, -0.15) is 0 Å². The molecule has 2 aromatic heterocycles. The first-order valence-electron chi connectivity index (χ1n) is 4.88. The average Bonchev–Trinajstić information content (AvgIpc) is 2.28. The van der Waals surface area contributed by atoms with Gasteiger partial charge in [-0.15, -0.1) is 0 Å². The van der Waals surface area contributed by atoms with Crippen molar-refractivity contribution in [1.29, 1.82) is 0 Å². The Labute approximate surface area is 93.2 Å². The molecule has 0 N–H and O–H groups in total. The third kappa shape index (κ3) is 1.71. The lowest BCUT2D eigenvalue weighted by Gasteiger charge is -2.09. The van der Waals surface area contributed by atoms with Crippen LogP contribution in [0.3, 0.4) is 0 Å². The summed E-state index contributed by atoms with van der Waals surface area (Å²) >= 11 is 0. The summed E-state index contributed by atoms with van der Waals surface area (Å²) in [6.07, 6.45) is 4.83. The third-order valence-electron chi connectivity index (χ3n) is 2.26. The monoisotopic (exact) mass is 216 g/mol. The van der Waals surface area contributed by atoms with Gasteiger partial charge in [-0.1, -0.05) is 0 Å². The Bertz CT molecular complexity index is 551. The Kier molecular flexibility index (Phi) is 2.52. The minimum absolute atomic E-state index is 0.148. The van der Waals surface area contributed by atoms with Crippen molar-refractivity contribution in [1.82, 2.24) is 19.9 Å². The number of pyridine rings is 1. The highest BCUT2D eigenvalue weighted by molar-refractivity contribution is 5.93. The summed E-state index contributed by atoms with van der Waals surface area (Å²) in [6.45, 7) is 1.90. The largest absolute Gasteiger partial charge is 0.343 e. The minimum atomic E-state index is -0.148. The van der Waals surface area contributed by atoms with Gasteiger partial charge in [0.2, 0.25) is 0 Å². The summed E-state index contributed by atoms with van der Waals surface area (Å²) < 4.78 is 0. The van der Waals surface area contributed by atoms with Gasteiger partial charge in [-0.05, 0) is 12.5 Å². The Balaban J connectivity index is 2.59. The molecule has 5 heteroatoms. The van der Waals surface area contributed by atoms with Crippen LogP contribution in [-0.2, 0) is 0 Å². The van der Waals surface area contributed by atoms with Crippen LogP contribution < -0.4 is 0 Å². The molecule has 0 radical (unpaired) electrons. The molecule has 0 aliphatic carbocycles. The Morgan fingerprint density at radius 3 is 2.69 bits per heavy atom. The standard InChI is InChI=1S/C11H12N4O/c1-7-4-12-5-8-10(7)14-9(6-13-8)11(16)15(2)3/h4-6H,1-3H3. The lowest BCUT2D eigenvalue weighted by Crippen LogP contribution is -2.23. The summed E-state index contributed by atoms with van der Waals surface area (Å²) in [5, 5.41) is 0. The molecule has 0 saturated carbocycles. The highest BCUT2D eigenvalue weighted by Crippen LogP contribution is 2.12. The maximum atomic E-state index is 11.7. The highest BCUT2D eigenvalue weighted by Gasteiger charge is 2.11. The highest BCUT2D eigenvalue weighted by atomic mass is 16.2. The first kappa shape index (κ1) is 10.5. The quantitative estimate of drug-likeness (QED) is 0.714. The molecule has 0 aliphatic heterocycles. The molecule has 0 saturated heterocycles. The number of aromatic nitrogens is 3. The van der Waals surface area contributed by atoms with Crippen molar-refractivity contribution in [2.24, 2.45) is 0 Å². The van der Waals surface area contributed by atoms with E-state index in [1.165, 1.54) is 11.1 Å². The number of rotatable bonds is 1. The van der Waals surface area contributed by atoms with Crippen molar-refractivity contribution in [3.63, 3.8) is 0 Å². The molecule has 0 aromatic carbocycles. The van der Waals surface area contributed by atoms with E-state index in [0.29, 0.717) is 11.2 Å². The Hall–Kier alpha value is -2.04. The number of carbonyl (C=O) groups is 1. The van der Waals surface area contributed by atoms with Gasteiger partial charge < -0.3 is 4.90 Å². The predicted octanol–water partition coefficient (Wildman–Crippen LogP) is 1.04. The second-order valence-corrected chi connectivity index (χ2v) is 3.78. The lowest BCUT2D eigenvalue weighted by atomic mass is 10.2. The minimum Gasteiger partial charge on any atom is -0.343 e. The number of nitrogens with zero attached hydrogens (tertiary/aromatic N) is 4. The molecular weight excluding hydrogens is 204 g/mol. The van der Waals surface area contributed by atoms with E-state index in [0.717, 1.165) is 11.1 Å². The molecule has 5 nitrogen and oxygen atoms in total. The normalized spacial score (nSPS) is 10.4. The van der Waals surface area contributed by atoms with E-state index in [-0.39, 0.29) is 5.91 Å². The number of fused-ring (bicyclic) bond motifs is 1. The summed E-state index contributed by atoms with van der Waals surface area (Å²) in [5.74, 6) is -0.148.